The Morgan fingerprint density at radius 3 is 2.33 bits per heavy atom. The molecule has 0 aromatic heterocycles. The van der Waals surface area contributed by atoms with Gasteiger partial charge in [0.25, 0.3) is 0 Å². The van der Waals surface area contributed by atoms with Crippen molar-refractivity contribution in [2.24, 2.45) is 5.92 Å². The fraction of sp³-hybridized carbons (Fsp3) is 0.484. The first-order chi connectivity index (χ1) is 20.2. The lowest BCUT2D eigenvalue weighted by Gasteiger charge is -2.40. The number of nitrogens with one attached hydrogen (secondary N) is 1. The summed E-state index contributed by atoms with van der Waals surface area (Å²) >= 11 is 0. The lowest BCUT2D eigenvalue weighted by molar-refractivity contribution is -0.137. The van der Waals surface area contributed by atoms with Gasteiger partial charge in [0, 0.05) is 70.0 Å². The van der Waals surface area contributed by atoms with Gasteiger partial charge in [-0.05, 0) is 74.2 Å². The Morgan fingerprint density at radius 2 is 1.71 bits per heavy atom. The standard InChI is InChI=1S/C31H38FN5O5/c1-34(27-6-7-29(39)33-30(27)40)19-23-17-28(26(32)16-24(23)20-38)37-10-8-21(9-11-37)18-35-12-14-36(15-13-35)25-4-2-22(3-5-25)31(41)42/h2-5,16-17,20-21,27H,6-15,18-19H2,1H3,(H,41,42)(H,33,39,40). The molecular formula is C31H38FN5O5. The smallest absolute Gasteiger partial charge is 0.335 e. The molecular weight excluding hydrogens is 541 g/mol. The van der Waals surface area contributed by atoms with E-state index in [0.29, 0.717) is 42.0 Å². The number of carbonyl (C=O) groups is 4. The van der Waals surface area contributed by atoms with E-state index in [1.165, 1.54) is 6.07 Å². The van der Waals surface area contributed by atoms with Gasteiger partial charge in [-0.25, -0.2) is 9.18 Å². The van der Waals surface area contributed by atoms with Crippen LogP contribution in [0.1, 0.15) is 52.0 Å². The number of aromatic carboxylic acids is 1. The number of nitrogens with zero attached hydrogens (tertiary/aromatic N) is 4. The topological polar surface area (TPSA) is 114 Å². The molecule has 10 nitrogen and oxygen atoms in total. The number of carboxylic acids is 1. The number of anilines is 2. The summed E-state index contributed by atoms with van der Waals surface area (Å²) in [6.07, 6.45) is 3.21. The lowest BCUT2D eigenvalue weighted by Crippen LogP contribution is -2.51. The minimum atomic E-state index is -0.920. The van der Waals surface area contributed by atoms with Crippen molar-refractivity contribution < 1.29 is 28.7 Å². The van der Waals surface area contributed by atoms with Crippen LogP contribution in [-0.4, -0.2) is 97.9 Å². The van der Waals surface area contributed by atoms with Gasteiger partial charge in [-0.3, -0.25) is 29.5 Å². The minimum Gasteiger partial charge on any atom is -0.478 e. The van der Waals surface area contributed by atoms with E-state index < -0.39 is 17.8 Å². The van der Waals surface area contributed by atoms with Crippen LogP contribution in [0.25, 0.3) is 0 Å². The first-order valence-corrected chi connectivity index (χ1v) is 14.6. The molecule has 11 heteroatoms. The second-order valence-electron chi connectivity index (χ2n) is 11.6. The fourth-order valence-corrected chi connectivity index (χ4v) is 6.32. The molecule has 0 aliphatic carbocycles. The van der Waals surface area contributed by atoms with Crippen molar-refractivity contribution >= 4 is 35.4 Å². The summed E-state index contributed by atoms with van der Waals surface area (Å²) in [6.45, 7) is 6.37. The molecule has 1 unspecified atom stereocenters. The van der Waals surface area contributed by atoms with Crippen molar-refractivity contribution in [1.29, 1.82) is 0 Å². The molecule has 3 fully saturated rings. The lowest BCUT2D eigenvalue weighted by atomic mass is 9.94. The van der Waals surface area contributed by atoms with E-state index >= 15 is 4.39 Å². The summed E-state index contributed by atoms with van der Waals surface area (Å²) in [5.74, 6) is -1.45. The molecule has 2 aromatic rings. The van der Waals surface area contributed by atoms with Gasteiger partial charge in [-0.2, -0.15) is 0 Å². The minimum absolute atomic E-state index is 0.266. The first kappa shape index (κ1) is 29.7. The van der Waals surface area contributed by atoms with Crippen molar-refractivity contribution in [3.63, 3.8) is 0 Å². The summed E-state index contributed by atoms with van der Waals surface area (Å²) in [5.41, 5.74) is 2.74. The van der Waals surface area contributed by atoms with E-state index in [2.05, 4.69) is 20.0 Å². The third kappa shape index (κ3) is 6.79. The molecule has 5 rings (SSSR count). The second kappa shape index (κ2) is 13.0. The normalized spacial score (nSPS) is 20.6. The van der Waals surface area contributed by atoms with Gasteiger partial charge >= 0.3 is 5.97 Å². The van der Waals surface area contributed by atoms with Crippen LogP contribution in [0.2, 0.25) is 0 Å². The van der Waals surface area contributed by atoms with Crippen molar-refractivity contribution in [1.82, 2.24) is 15.1 Å². The van der Waals surface area contributed by atoms with Gasteiger partial charge in [-0.15, -0.1) is 0 Å². The largest absolute Gasteiger partial charge is 0.478 e. The number of benzene rings is 2. The number of likely N-dealkylation sites (N-methyl/N-ethyl adjacent to an activating group) is 1. The molecule has 2 aromatic carbocycles. The van der Waals surface area contributed by atoms with Gasteiger partial charge in [0.05, 0.1) is 17.3 Å². The highest BCUT2D eigenvalue weighted by molar-refractivity contribution is 6.00. The van der Waals surface area contributed by atoms with Crippen molar-refractivity contribution in [2.75, 3.05) is 62.7 Å². The Labute approximate surface area is 245 Å². The molecule has 42 heavy (non-hydrogen) atoms. The molecule has 3 saturated heterocycles. The molecule has 3 heterocycles. The van der Waals surface area contributed by atoms with E-state index in [0.717, 1.165) is 64.3 Å². The second-order valence-corrected chi connectivity index (χ2v) is 11.6. The third-order valence-corrected chi connectivity index (χ3v) is 8.82. The molecule has 3 aliphatic heterocycles. The molecule has 0 saturated carbocycles. The molecule has 0 bridgehead atoms. The van der Waals surface area contributed by atoms with Gasteiger partial charge < -0.3 is 14.9 Å². The van der Waals surface area contributed by atoms with Crippen molar-refractivity contribution in [3.05, 3.63) is 58.9 Å². The predicted octanol–water partition coefficient (Wildman–Crippen LogP) is 2.61. The Morgan fingerprint density at radius 1 is 1.02 bits per heavy atom. The zero-order valence-electron chi connectivity index (χ0n) is 23.9. The van der Waals surface area contributed by atoms with Crippen LogP contribution in [0.5, 0.6) is 0 Å². The monoisotopic (exact) mass is 579 g/mol. The van der Waals surface area contributed by atoms with Crippen LogP contribution in [0, 0.1) is 11.7 Å². The summed E-state index contributed by atoms with van der Waals surface area (Å²) < 4.78 is 15.1. The number of piperidine rings is 2. The molecule has 2 N–H and O–H groups in total. The number of imide groups is 1. The molecule has 0 spiro atoms. The Bertz CT molecular complexity index is 1320. The Balaban J connectivity index is 1.14. The van der Waals surface area contributed by atoms with Crippen molar-refractivity contribution in [3.8, 4) is 0 Å². The molecule has 224 valence electrons. The van der Waals surface area contributed by atoms with Gasteiger partial charge in [-0.1, -0.05) is 0 Å². The summed E-state index contributed by atoms with van der Waals surface area (Å²) in [5, 5.41) is 11.5. The maximum atomic E-state index is 15.1. The average molecular weight is 580 g/mol. The Hall–Kier alpha value is -3.83. The molecule has 1 atom stereocenters. The summed E-state index contributed by atoms with van der Waals surface area (Å²) in [6, 6.07) is 9.58. The number of aldehydes is 1. The zero-order valence-corrected chi connectivity index (χ0v) is 23.9. The highest BCUT2D eigenvalue weighted by Crippen LogP contribution is 2.30. The molecule has 2 amide bonds. The van der Waals surface area contributed by atoms with E-state index in [1.807, 2.05) is 17.0 Å². The highest BCUT2D eigenvalue weighted by Gasteiger charge is 2.31. The molecule has 0 radical (unpaired) electrons. The van der Waals surface area contributed by atoms with Crippen LogP contribution in [-0.2, 0) is 16.1 Å². The number of hydrogen-bond donors (Lipinski definition) is 2. The number of piperazine rings is 1. The van der Waals surface area contributed by atoms with Crippen LogP contribution in [0.4, 0.5) is 15.8 Å². The van der Waals surface area contributed by atoms with E-state index in [9.17, 15) is 19.2 Å². The number of carboxylic acid groups (broad SMARTS) is 1. The van der Waals surface area contributed by atoms with Crippen LogP contribution in [0.3, 0.4) is 0 Å². The number of amides is 2. The zero-order chi connectivity index (χ0) is 29.8. The van der Waals surface area contributed by atoms with Crippen LogP contribution >= 0.6 is 0 Å². The van der Waals surface area contributed by atoms with Gasteiger partial charge in [0.1, 0.15) is 12.1 Å². The number of hydrogen-bond acceptors (Lipinski definition) is 8. The number of rotatable bonds is 9. The van der Waals surface area contributed by atoms with E-state index in [1.54, 1.807) is 25.2 Å². The summed E-state index contributed by atoms with van der Waals surface area (Å²) in [4.78, 5) is 55.3. The highest BCUT2D eigenvalue weighted by atomic mass is 19.1. The van der Waals surface area contributed by atoms with E-state index in [4.69, 9.17) is 5.11 Å². The maximum absolute atomic E-state index is 15.1. The third-order valence-electron chi connectivity index (χ3n) is 8.82. The van der Waals surface area contributed by atoms with Crippen LogP contribution in [0.15, 0.2) is 36.4 Å². The summed E-state index contributed by atoms with van der Waals surface area (Å²) in [7, 11) is 1.78. The SMILES string of the molecule is CN(Cc1cc(N2CCC(CN3CCN(c4ccc(C(=O)O)cc4)CC3)CC2)c(F)cc1C=O)C1CCC(=O)NC1=O. The number of halogens is 1. The fourth-order valence-electron chi connectivity index (χ4n) is 6.32. The van der Waals surface area contributed by atoms with Crippen molar-refractivity contribution in [2.45, 2.75) is 38.3 Å². The number of carbonyl (C=O) groups excluding carboxylic acids is 3. The Kier molecular flexibility index (Phi) is 9.18. The average Bonchev–Trinajstić information content (AvgIpc) is 2.98. The maximum Gasteiger partial charge on any atom is 0.335 e. The first-order valence-electron chi connectivity index (χ1n) is 14.6. The van der Waals surface area contributed by atoms with E-state index in [-0.39, 0.29) is 23.8 Å². The van der Waals surface area contributed by atoms with Gasteiger partial charge in [0.15, 0.2) is 0 Å². The van der Waals surface area contributed by atoms with Gasteiger partial charge in [0.2, 0.25) is 11.8 Å². The quantitative estimate of drug-likeness (QED) is 0.342. The predicted molar refractivity (Wildman–Crippen MR) is 156 cm³/mol. The van der Waals surface area contributed by atoms with Crippen LogP contribution < -0.4 is 15.1 Å². The molecule has 3 aliphatic rings.